The van der Waals surface area contributed by atoms with Crippen LogP contribution in [-0.4, -0.2) is 53.7 Å². The van der Waals surface area contributed by atoms with E-state index in [1.807, 2.05) is 0 Å². The van der Waals surface area contributed by atoms with Gasteiger partial charge in [0.15, 0.2) is 0 Å². The second kappa shape index (κ2) is 6.96. The van der Waals surface area contributed by atoms with Crippen LogP contribution in [0.25, 0.3) is 0 Å². The summed E-state index contributed by atoms with van der Waals surface area (Å²) in [5.74, 6) is -0.362. The Balaban J connectivity index is 1.82. The lowest BCUT2D eigenvalue weighted by atomic mass is 10.0. The lowest BCUT2D eigenvalue weighted by molar-refractivity contribution is 0.0717. The molecule has 6 nitrogen and oxygen atoms in total. The van der Waals surface area contributed by atoms with E-state index in [1.54, 1.807) is 28.0 Å². The van der Waals surface area contributed by atoms with Crippen molar-refractivity contribution >= 4 is 28.1 Å². The van der Waals surface area contributed by atoms with Gasteiger partial charge in [0.05, 0.1) is 10.5 Å². The van der Waals surface area contributed by atoms with Gasteiger partial charge in [-0.3, -0.25) is 0 Å². The number of carbonyl (C=O) groups is 2. The minimum Gasteiger partial charge on any atom is -0.444 e. The Morgan fingerprint density at radius 3 is 2.71 bits per heavy atom. The van der Waals surface area contributed by atoms with Crippen molar-refractivity contribution in [2.75, 3.05) is 19.6 Å². The number of likely N-dealkylation sites (tertiary alicyclic amines) is 2. The van der Waals surface area contributed by atoms with Crippen LogP contribution in [0.5, 0.6) is 0 Å². The molecule has 0 bridgehead atoms. The maximum Gasteiger partial charge on any atom is 0.404 e. The number of nitrogens with zero attached hydrogens (tertiary/aromatic N) is 2. The van der Waals surface area contributed by atoms with Gasteiger partial charge >= 0.3 is 12.1 Å². The molecule has 2 aliphatic heterocycles. The zero-order valence-electron chi connectivity index (χ0n) is 13.1. The first kappa shape index (κ1) is 17.0. The number of benzene rings is 1. The molecule has 24 heavy (non-hydrogen) atoms. The normalized spacial score (nSPS) is 23.1. The molecule has 1 aromatic rings. The van der Waals surface area contributed by atoms with Gasteiger partial charge in [-0.15, -0.1) is 0 Å². The molecule has 0 aliphatic carbocycles. The van der Waals surface area contributed by atoms with Crippen molar-refractivity contribution in [3.63, 3.8) is 0 Å². The molecule has 2 saturated heterocycles. The summed E-state index contributed by atoms with van der Waals surface area (Å²) in [6, 6.07) is 4.52. The standard InChI is InChI=1S/C16H19BrFN3O3/c17-11-4-1-3-10(14(11)18)9-12-13(24-15(19)22)5-8-21(12)16(23)20-6-2-7-20/h1,3-4,12-13H,2,5-9H2,(H2,19,22)/t12-,13-/m0/s1. The molecule has 2 heterocycles. The Hall–Kier alpha value is -1.83. The van der Waals surface area contributed by atoms with Crippen LogP contribution >= 0.6 is 15.9 Å². The summed E-state index contributed by atoms with van der Waals surface area (Å²) in [6.45, 7) is 1.93. The van der Waals surface area contributed by atoms with Gasteiger partial charge < -0.3 is 20.3 Å². The predicted octanol–water partition coefficient (Wildman–Crippen LogP) is 2.49. The first-order valence-corrected chi connectivity index (χ1v) is 8.71. The van der Waals surface area contributed by atoms with E-state index < -0.39 is 18.2 Å². The Labute approximate surface area is 147 Å². The van der Waals surface area contributed by atoms with Crippen molar-refractivity contribution in [3.05, 3.63) is 34.1 Å². The molecule has 3 amide bonds. The van der Waals surface area contributed by atoms with Crippen molar-refractivity contribution in [1.29, 1.82) is 0 Å². The molecule has 3 rings (SSSR count). The number of primary amides is 1. The molecule has 2 N–H and O–H groups in total. The zero-order valence-corrected chi connectivity index (χ0v) is 14.7. The molecule has 2 fully saturated rings. The second-order valence-corrected chi connectivity index (χ2v) is 6.92. The average Bonchev–Trinajstić information content (AvgIpc) is 2.84. The lowest BCUT2D eigenvalue weighted by Gasteiger charge is -2.37. The molecular formula is C16H19BrFN3O3. The van der Waals surface area contributed by atoms with Crippen molar-refractivity contribution in [2.45, 2.75) is 31.4 Å². The smallest absolute Gasteiger partial charge is 0.404 e. The fraction of sp³-hybridized carbons (Fsp3) is 0.500. The van der Waals surface area contributed by atoms with E-state index in [0.29, 0.717) is 23.0 Å². The summed E-state index contributed by atoms with van der Waals surface area (Å²) in [7, 11) is 0. The number of ether oxygens (including phenoxy) is 1. The van der Waals surface area contributed by atoms with Crippen LogP contribution in [0.15, 0.2) is 22.7 Å². The maximum atomic E-state index is 14.3. The van der Waals surface area contributed by atoms with Gasteiger partial charge in [-0.2, -0.15) is 0 Å². The lowest BCUT2D eigenvalue weighted by Crippen LogP contribution is -2.53. The van der Waals surface area contributed by atoms with E-state index in [2.05, 4.69) is 15.9 Å². The molecule has 0 unspecified atom stereocenters. The zero-order chi connectivity index (χ0) is 17.3. The Kier molecular flexibility index (Phi) is 4.93. The van der Waals surface area contributed by atoms with Gasteiger partial charge in [-0.25, -0.2) is 14.0 Å². The maximum absolute atomic E-state index is 14.3. The summed E-state index contributed by atoms with van der Waals surface area (Å²) in [6.07, 6.45) is 0.362. The molecule has 0 radical (unpaired) electrons. The average molecular weight is 400 g/mol. The van der Waals surface area contributed by atoms with Crippen LogP contribution in [0.4, 0.5) is 14.0 Å². The highest BCUT2D eigenvalue weighted by Gasteiger charge is 2.42. The fourth-order valence-corrected chi connectivity index (χ4v) is 3.62. The highest BCUT2D eigenvalue weighted by molar-refractivity contribution is 9.10. The predicted molar refractivity (Wildman–Crippen MR) is 89.0 cm³/mol. The van der Waals surface area contributed by atoms with Crippen LogP contribution in [0, 0.1) is 5.82 Å². The van der Waals surface area contributed by atoms with Gasteiger partial charge in [-0.1, -0.05) is 12.1 Å². The number of carbonyl (C=O) groups excluding carboxylic acids is 2. The monoisotopic (exact) mass is 399 g/mol. The quantitative estimate of drug-likeness (QED) is 0.847. The molecular weight excluding hydrogens is 381 g/mol. The topological polar surface area (TPSA) is 75.9 Å². The van der Waals surface area contributed by atoms with Crippen LogP contribution in [0.2, 0.25) is 0 Å². The second-order valence-electron chi connectivity index (χ2n) is 6.06. The molecule has 0 aromatic heterocycles. The molecule has 1 aromatic carbocycles. The Morgan fingerprint density at radius 1 is 1.33 bits per heavy atom. The molecule has 8 heteroatoms. The van der Waals surface area contributed by atoms with Crippen molar-refractivity contribution in [3.8, 4) is 0 Å². The van der Waals surface area contributed by atoms with Crippen LogP contribution in [0.1, 0.15) is 18.4 Å². The SMILES string of the molecule is NC(=O)O[C@H]1CCN(C(=O)N2CCC2)[C@H]1Cc1cccc(Br)c1F. The number of rotatable bonds is 3. The van der Waals surface area contributed by atoms with Crippen molar-refractivity contribution in [2.24, 2.45) is 5.73 Å². The van der Waals surface area contributed by atoms with Crippen molar-refractivity contribution < 1.29 is 18.7 Å². The van der Waals surface area contributed by atoms with E-state index in [4.69, 9.17) is 10.5 Å². The van der Waals surface area contributed by atoms with E-state index in [0.717, 1.165) is 19.5 Å². The third-order valence-electron chi connectivity index (χ3n) is 4.58. The molecule has 0 spiro atoms. The third-order valence-corrected chi connectivity index (χ3v) is 5.20. The number of amides is 3. The Morgan fingerprint density at radius 2 is 2.08 bits per heavy atom. The molecule has 130 valence electrons. The molecule has 2 atom stereocenters. The minimum atomic E-state index is -0.877. The van der Waals surface area contributed by atoms with Crippen LogP contribution in [0.3, 0.4) is 0 Å². The first-order valence-electron chi connectivity index (χ1n) is 7.92. The number of urea groups is 1. The van der Waals surface area contributed by atoms with Gasteiger partial charge in [0.2, 0.25) is 0 Å². The van der Waals surface area contributed by atoms with E-state index in [1.165, 1.54) is 0 Å². The fourth-order valence-electron chi connectivity index (χ4n) is 3.21. The van der Waals surface area contributed by atoms with Gasteiger partial charge in [-0.05, 0) is 40.4 Å². The van der Waals surface area contributed by atoms with E-state index >= 15 is 0 Å². The van der Waals surface area contributed by atoms with Gasteiger partial charge in [0, 0.05) is 26.1 Å². The highest BCUT2D eigenvalue weighted by Crippen LogP contribution is 2.29. The highest BCUT2D eigenvalue weighted by atomic mass is 79.9. The Bertz CT molecular complexity index is 653. The van der Waals surface area contributed by atoms with Gasteiger partial charge in [0.1, 0.15) is 11.9 Å². The number of nitrogens with two attached hydrogens (primary N) is 1. The van der Waals surface area contributed by atoms with E-state index in [-0.39, 0.29) is 18.3 Å². The van der Waals surface area contributed by atoms with Gasteiger partial charge in [0.25, 0.3) is 0 Å². The number of hydrogen-bond donors (Lipinski definition) is 1. The molecule has 0 saturated carbocycles. The summed E-state index contributed by atoms with van der Waals surface area (Å²) in [5, 5.41) is 0. The van der Waals surface area contributed by atoms with E-state index in [9.17, 15) is 14.0 Å². The summed E-state index contributed by atoms with van der Waals surface area (Å²) in [4.78, 5) is 27.2. The largest absolute Gasteiger partial charge is 0.444 e. The van der Waals surface area contributed by atoms with Crippen molar-refractivity contribution in [1.82, 2.24) is 9.80 Å². The minimum absolute atomic E-state index is 0.0859. The van der Waals surface area contributed by atoms with Crippen LogP contribution in [-0.2, 0) is 11.2 Å². The third kappa shape index (κ3) is 3.33. The summed E-state index contributed by atoms with van der Waals surface area (Å²) in [5.41, 5.74) is 5.61. The first-order chi connectivity index (χ1) is 11.5. The van der Waals surface area contributed by atoms with Crippen LogP contribution < -0.4 is 5.73 Å². The number of hydrogen-bond acceptors (Lipinski definition) is 3. The summed E-state index contributed by atoms with van der Waals surface area (Å²) < 4.78 is 19.9. The number of halogens is 2. The molecule has 2 aliphatic rings. The summed E-state index contributed by atoms with van der Waals surface area (Å²) >= 11 is 3.17.